The van der Waals surface area contributed by atoms with Gasteiger partial charge in [0, 0.05) is 6.04 Å². The summed E-state index contributed by atoms with van der Waals surface area (Å²) in [6.07, 6.45) is 11.6. The van der Waals surface area contributed by atoms with E-state index >= 15 is 0 Å². The van der Waals surface area contributed by atoms with E-state index < -0.39 is 11.6 Å². The summed E-state index contributed by atoms with van der Waals surface area (Å²) < 4.78 is 6.36. The molecule has 2 heterocycles. The van der Waals surface area contributed by atoms with E-state index in [0.717, 1.165) is 70.8 Å². The average molecular weight is 441 g/mol. The molecule has 2 saturated heterocycles. The first kappa shape index (κ1) is 20.9. The van der Waals surface area contributed by atoms with Crippen LogP contribution in [0.2, 0.25) is 0 Å². The van der Waals surface area contributed by atoms with E-state index in [1.165, 1.54) is 6.42 Å². The fraction of sp³-hybridized carbons (Fsp3) is 0.880. The monoisotopic (exact) mass is 440 g/mol. The predicted octanol–water partition coefficient (Wildman–Crippen LogP) is 2.24. The smallest absolute Gasteiger partial charge is 0.323 e. The molecule has 0 aromatic heterocycles. The van der Waals surface area contributed by atoms with Crippen LogP contribution in [0.5, 0.6) is 0 Å². The van der Waals surface area contributed by atoms with Crippen LogP contribution in [0.15, 0.2) is 0 Å². The van der Waals surface area contributed by atoms with Gasteiger partial charge in [-0.25, -0.2) is 0 Å². The highest BCUT2D eigenvalue weighted by atomic mass is 16.6. The maximum absolute atomic E-state index is 13.6. The van der Waals surface area contributed by atoms with E-state index in [0.29, 0.717) is 24.2 Å². The summed E-state index contributed by atoms with van der Waals surface area (Å²) in [5.41, 5.74) is 6.03. The minimum atomic E-state index is -0.599. The lowest BCUT2D eigenvalue weighted by Crippen LogP contribution is -2.66. The van der Waals surface area contributed by atoms with E-state index in [1.807, 2.05) is 4.90 Å². The molecule has 0 aromatic carbocycles. The number of nitrogens with two attached hydrogens (primary N) is 1. The lowest BCUT2D eigenvalue weighted by molar-refractivity contribution is -0.207. The molecule has 0 aromatic rings. The van der Waals surface area contributed by atoms with Gasteiger partial charge in [0.1, 0.15) is 17.7 Å². The van der Waals surface area contributed by atoms with Crippen LogP contribution in [-0.2, 0) is 14.3 Å². The number of ether oxygens (including phenoxy) is 1. The Morgan fingerprint density at radius 2 is 1.88 bits per heavy atom. The number of amides is 1. The van der Waals surface area contributed by atoms with E-state index in [9.17, 15) is 14.9 Å². The van der Waals surface area contributed by atoms with E-state index in [-0.39, 0.29) is 35.4 Å². The topological polar surface area (TPSA) is 108 Å². The lowest BCUT2D eigenvalue weighted by atomic mass is 9.46. The third-order valence-electron chi connectivity index (χ3n) is 9.65. The molecule has 7 aliphatic rings. The van der Waals surface area contributed by atoms with Gasteiger partial charge in [-0.1, -0.05) is 12.8 Å². The Morgan fingerprint density at radius 3 is 2.62 bits per heavy atom. The Morgan fingerprint density at radius 1 is 1.09 bits per heavy atom. The first-order valence-corrected chi connectivity index (χ1v) is 12.9. The maximum Gasteiger partial charge on any atom is 0.323 e. The number of nitriles is 1. The molecule has 32 heavy (non-hydrogen) atoms. The van der Waals surface area contributed by atoms with Crippen LogP contribution in [0.25, 0.3) is 0 Å². The summed E-state index contributed by atoms with van der Waals surface area (Å²) in [6.45, 7) is 0.874. The van der Waals surface area contributed by atoms with E-state index in [1.54, 1.807) is 0 Å². The summed E-state index contributed by atoms with van der Waals surface area (Å²) in [7, 11) is 0. The Hall–Kier alpha value is -1.65. The number of hydrogen-bond donors (Lipinski definition) is 2. The molecule has 2 unspecified atom stereocenters. The minimum absolute atomic E-state index is 0.0320. The molecule has 0 spiro atoms. The van der Waals surface area contributed by atoms with Crippen molar-refractivity contribution in [2.75, 3.05) is 6.54 Å². The molecule has 7 atom stereocenters. The molecule has 7 fully saturated rings. The van der Waals surface area contributed by atoms with Gasteiger partial charge in [0.25, 0.3) is 0 Å². The van der Waals surface area contributed by atoms with Crippen molar-refractivity contribution in [2.24, 2.45) is 28.9 Å². The number of fused-ring (bicyclic) bond motifs is 1. The number of esters is 1. The molecule has 5 saturated carbocycles. The zero-order valence-electron chi connectivity index (χ0n) is 18.9. The average Bonchev–Trinajstić information content (AvgIpc) is 3.49. The van der Waals surface area contributed by atoms with Gasteiger partial charge in [-0.15, -0.1) is 0 Å². The summed E-state index contributed by atoms with van der Waals surface area (Å²) in [5, 5.41) is 13.0. The van der Waals surface area contributed by atoms with Gasteiger partial charge < -0.3 is 20.7 Å². The van der Waals surface area contributed by atoms with Crippen LogP contribution >= 0.6 is 0 Å². The van der Waals surface area contributed by atoms with Gasteiger partial charge in [-0.05, 0) is 93.9 Å². The molecule has 0 radical (unpaired) electrons. The molecule has 5 aliphatic carbocycles. The number of carbonyl (C=O) groups is 2. The fourth-order valence-electron chi connectivity index (χ4n) is 8.56. The van der Waals surface area contributed by atoms with Crippen LogP contribution in [0.1, 0.15) is 77.0 Å². The summed E-state index contributed by atoms with van der Waals surface area (Å²) in [4.78, 5) is 28.6. The Balaban J connectivity index is 1.22. The maximum atomic E-state index is 13.6. The summed E-state index contributed by atoms with van der Waals surface area (Å²) in [5.74, 6) is 1.31. The van der Waals surface area contributed by atoms with Gasteiger partial charge in [-0.2, -0.15) is 5.26 Å². The van der Waals surface area contributed by atoms with Crippen LogP contribution in [0.3, 0.4) is 0 Å². The minimum Gasteiger partial charge on any atom is -0.458 e. The van der Waals surface area contributed by atoms with Gasteiger partial charge in [0.15, 0.2) is 0 Å². The Bertz CT molecular complexity index is 831. The second-order valence-electron chi connectivity index (χ2n) is 12.0. The van der Waals surface area contributed by atoms with Crippen LogP contribution in [-0.4, -0.2) is 53.1 Å². The number of piperidine rings is 1. The molecular formula is C25H36N4O3. The van der Waals surface area contributed by atoms with Crippen LogP contribution < -0.4 is 11.1 Å². The number of hydrogen-bond acceptors (Lipinski definition) is 6. The number of nitrogens with one attached hydrogen (secondary N) is 1. The van der Waals surface area contributed by atoms with Gasteiger partial charge in [0.05, 0.1) is 12.1 Å². The van der Waals surface area contributed by atoms with Gasteiger partial charge >= 0.3 is 5.97 Å². The molecule has 3 N–H and O–H groups in total. The number of likely N-dealkylation sites (tertiary alicyclic amines) is 1. The standard InChI is InChI=1S/C25H36N4O3/c26-13-18-7-17-8-20(17)29(18)22(30)21(27)24-9-15-6-16(10-24)12-25(11-15,14-24)32-23(31)19-4-2-1-3-5-28-19/h15-21,28H,1-12,14,27H2/t15?,16?,17-,18+,19-,20+,21-,24?,25?/m1/s1. The van der Waals surface area contributed by atoms with Crippen molar-refractivity contribution in [1.29, 1.82) is 5.26 Å². The van der Waals surface area contributed by atoms with Crippen molar-refractivity contribution in [3.05, 3.63) is 0 Å². The largest absolute Gasteiger partial charge is 0.458 e. The van der Waals surface area contributed by atoms with Crippen molar-refractivity contribution in [2.45, 2.75) is 107 Å². The van der Waals surface area contributed by atoms with Crippen molar-refractivity contribution >= 4 is 11.9 Å². The van der Waals surface area contributed by atoms with Crippen molar-refractivity contribution in [1.82, 2.24) is 10.2 Å². The highest BCUT2D eigenvalue weighted by Gasteiger charge is 2.64. The highest BCUT2D eigenvalue weighted by Crippen LogP contribution is 2.64. The normalized spacial score (nSPS) is 47.3. The fourth-order valence-corrected chi connectivity index (χ4v) is 8.56. The van der Waals surface area contributed by atoms with E-state index in [2.05, 4.69) is 11.4 Å². The number of nitrogens with zero attached hydrogens (tertiary/aromatic N) is 2. The lowest BCUT2D eigenvalue weighted by Gasteiger charge is -2.62. The van der Waals surface area contributed by atoms with Crippen molar-refractivity contribution < 1.29 is 14.3 Å². The van der Waals surface area contributed by atoms with Gasteiger partial charge in [-0.3, -0.25) is 9.59 Å². The zero-order valence-corrected chi connectivity index (χ0v) is 18.9. The molecule has 7 rings (SSSR count). The Labute approximate surface area is 190 Å². The second-order valence-corrected chi connectivity index (χ2v) is 12.0. The zero-order chi connectivity index (χ0) is 22.1. The molecule has 2 aliphatic heterocycles. The molecule has 7 heteroatoms. The first-order valence-electron chi connectivity index (χ1n) is 12.9. The van der Waals surface area contributed by atoms with Gasteiger partial charge in [0.2, 0.25) is 5.91 Å². The van der Waals surface area contributed by atoms with Crippen LogP contribution in [0.4, 0.5) is 0 Å². The summed E-state index contributed by atoms with van der Waals surface area (Å²) >= 11 is 0. The predicted molar refractivity (Wildman–Crippen MR) is 117 cm³/mol. The van der Waals surface area contributed by atoms with E-state index in [4.69, 9.17) is 10.5 Å². The van der Waals surface area contributed by atoms with Crippen molar-refractivity contribution in [3.8, 4) is 6.07 Å². The molecule has 174 valence electrons. The highest BCUT2D eigenvalue weighted by molar-refractivity contribution is 5.84. The van der Waals surface area contributed by atoms with Crippen LogP contribution in [0, 0.1) is 34.5 Å². The first-order chi connectivity index (χ1) is 15.4. The Kier molecular flexibility index (Phi) is 4.86. The summed E-state index contributed by atoms with van der Waals surface area (Å²) in [6, 6.07) is 1.43. The third kappa shape index (κ3) is 3.28. The quantitative estimate of drug-likeness (QED) is 0.649. The molecule has 1 amide bonds. The molecule has 4 bridgehead atoms. The molecular weight excluding hydrogens is 404 g/mol. The van der Waals surface area contributed by atoms with Crippen molar-refractivity contribution in [3.63, 3.8) is 0 Å². The SMILES string of the molecule is N#C[C@@H]1C[C@@H]2C[C@@H]2N1C(=O)[C@@H](N)C12CC3CC(CC(OC(=O)[C@H]4CCCCCN4)(C3)C1)C2. The molecule has 7 nitrogen and oxygen atoms in total. The third-order valence-corrected chi connectivity index (χ3v) is 9.65. The number of carbonyl (C=O) groups excluding carboxylic acids is 2. The number of rotatable bonds is 4. The second kappa shape index (κ2) is 7.43.